The second-order valence-electron chi connectivity index (χ2n) is 4.23. The van der Waals surface area contributed by atoms with Crippen LogP contribution in [-0.2, 0) is 14.3 Å². The number of Topliss-reactive ketones (excluding diaryl/α,β-unsaturated/α-hetero) is 1. The van der Waals surface area contributed by atoms with E-state index in [2.05, 4.69) is 6.92 Å². The maximum absolute atomic E-state index is 11.8. The Kier molecular flexibility index (Phi) is 5.26. The molecule has 1 aliphatic carbocycles. The molecule has 0 aliphatic heterocycles. The fraction of sp³-hybridized carbons (Fsp3) is 0.917. The molecular formula is C12H22O3. The molecule has 0 aromatic heterocycles. The van der Waals surface area contributed by atoms with Crippen LogP contribution in [0.5, 0.6) is 0 Å². The topological polar surface area (TPSA) is 35.5 Å². The van der Waals surface area contributed by atoms with Gasteiger partial charge in [-0.2, -0.15) is 0 Å². The lowest BCUT2D eigenvalue weighted by molar-refractivity contribution is -0.180. The molecule has 3 heteroatoms. The highest BCUT2D eigenvalue weighted by Crippen LogP contribution is 2.29. The van der Waals surface area contributed by atoms with Crippen LogP contribution in [0.1, 0.15) is 40.0 Å². The molecule has 0 aromatic rings. The standard InChI is InChI=1S/C12H22O3/c1-4-14-12(15-5-2)10-8-9(3)6-7-11(10)13/h9-10,12H,4-8H2,1-3H3. The summed E-state index contributed by atoms with van der Waals surface area (Å²) in [5.74, 6) is 0.866. The molecule has 0 aromatic carbocycles. The number of ether oxygens (including phenoxy) is 2. The largest absolute Gasteiger partial charge is 0.352 e. The summed E-state index contributed by atoms with van der Waals surface area (Å²) >= 11 is 0. The maximum Gasteiger partial charge on any atom is 0.167 e. The normalized spacial score (nSPS) is 27.3. The van der Waals surface area contributed by atoms with Crippen LogP contribution in [0.2, 0.25) is 0 Å². The van der Waals surface area contributed by atoms with Crippen LogP contribution in [0.3, 0.4) is 0 Å². The van der Waals surface area contributed by atoms with Gasteiger partial charge in [0.25, 0.3) is 0 Å². The SMILES string of the molecule is CCOC(OCC)C1CC(C)CCC1=O. The smallest absolute Gasteiger partial charge is 0.167 e. The van der Waals surface area contributed by atoms with E-state index in [0.717, 1.165) is 12.8 Å². The quantitative estimate of drug-likeness (QED) is 0.659. The molecule has 0 bridgehead atoms. The Morgan fingerprint density at radius 1 is 1.33 bits per heavy atom. The molecule has 15 heavy (non-hydrogen) atoms. The number of rotatable bonds is 5. The third-order valence-corrected chi connectivity index (χ3v) is 2.94. The van der Waals surface area contributed by atoms with E-state index in [1.54, 1.807) is 0 Å². The monoisotopic (exact) mass is 214 g/mol. The van der Waals surface area contributed by atoms with Crippen molar-refractivity contribution in [1.29, 1.82) is 0 Å². The minimum absolute atomic E-state index is 0.0475. The van der Waals surface area contributed by atoms with Gasteiger partial charge in [0, 0.05) is 19.6 Å². The van der Waals surface area contributed by atoms with Gasteiger partial charge >= 0.3 is 0 Å². The van der Waals surface area contributed by atoms with Gasteiger partial charge in [-0.1, -0.05) is 6.92 Å². The van der Waals surface area contributed by atoms with Gasteiger partial charge in [0.1, 0.15) is 5.78 Å². The third-order valence-electron chi connectivity index (χ3n) is 2.94. The summed E-state index contributed by atoms with van der Waals surface area (Å²) in [5.41, 5.74) is 0. The van der Waals surface area contributed by atoms with Crippen molar-refractivity contribution in [3.8, 4) is 0 Å². The predicted octanol–water partition coefficient (Wildman–Crippen LogP) is 2.39. The number of ketones is 1. The molecule has 0 radical (unpaired) electrons. The van der Waals surface area contributed by atoms with Gasteiger partial charge in [-0.25, -0.2) is 0 Å². The summed E-state index contributed by atoms with van der Waals surface area (Å²) in [7, 11) is 0. The van der Waals surface area contributed by atoms with E-state index in [0.29, 0.717) is 31.3 Å². The molecule has 0 saturated heterocycles. The van der Waals surface area contributed by atoms with Gasteiger partial charge in [-0.15, -0.1) is 0 Å². The van der Waals surface area contributed by atoms with Crippen LogP contribution < -0.4 is 0 Å². The zero-order valence-electron chi connectivity index (χ0n) is 9.99. The second-order valence-corrected chi connectivity index (χ2v) is 4.23. The lowest BCUT2D eigenvalue weighted by atomic mass is 9.81. The van der Waals surface area contributed by atoms with Gasteiger partial charge in [0.2, 0.25) is 0 Å². The molecule has 0 N–H and O–H groups in total. The summed E-state index contributed by atoms with van der Waals surface area (Å²) in [6.45, 7) is 7.26. The van der Waals surface area contributed by atoms with Crippen molar-refractivity contribution in [1.82, 2.24) is 0 Å². The van der Waals surface area contributed by atoms with Crippen molar-refractivity contribution in [2.45, 2.75) is 46.3 Å². The summed E-state index contributed by atoms with van der Waals surface area (Å²) in [5, 5.41) is 0. The Hall–Kier alpha value is -0.410. The highest BCUT2D eigenvalue weighted by Gasteiger charge is 2.33. The van der Waals surface area contributed by atoms with E-state index in [4.69, 9.17) is 9.47 Å². The predicted molar refractivity (Wildman–Crippen MR) is 58.6 cm³/mol. The minimum atomic E-state index is -0.324. The fourth-order valence-electron chi connectivity index (χ4n) is 2.13. The van der Waals surface area contributed by atoms with E-state index < -0.39 is 0 Å². The van der Waals surface area contributed by atoms with Crippen molar-refractivity contribution in [2.75, 3.05) is 13.2 Å². The number of carbonyl (C=O) groups is 1. The van der Waals surface area contributed by atoms with E-state index in [1.807, 2.05) is 13.8 Å². The van der Waals surface area contributed by atoms with Crippen LogP contribution in [0.15, 0.2) is 0 Å². The van der Waals surface area contributed by atoms with Gasteiger partial charge in [-0.05, 0) is 32.6 Å². The summed E-state index contributed by atoms with van der Waals surface area (Å²) < 4.78 is 11.0. The summed E-state index contributed by atoms with van der Waals surface area (Å²) in [6, 6.07) is 0. The fourth-order valence-corrected chi connectivity index (χ4v) is 2.13. The zero-order chi connectivity index (χ0) is 11.3. The molecule has 2 atom stereocenters. The summed E-state index contributed by atoms with van der Waals surface area (Å²) in [6.07, 6.45) is 2.28. The first-order chi connectivity index (χ1) is 7.19. The number of hydrogen-bond donors (Lipinski definition) is 0. The zero-order valence-corrected chi connectivity index (χ0v) is 9.99. The molecule has 1 saturated carbocycles. The third kappa shape index (κ3) is 3.58. The average Bonchev–Trinajstić information content (AvgIpc) is 2.21. The van der Waals surface area contributed by atoms with Crippen molar-refractivity contribution in [3.05, 3.63) is 0 Å². The van der Waals surface area contributed by atoms with Gasteiger partial charge in [0.05, 0.1) is 5.92 Å². The first kappa shape index (κ1) is 12.7. The van der Waals surface area contributed by atoms with E-state index in [9.17, 15) is 4.79 Å². The van der Waals surface area contributed by atoms with Crippen LogP contribution in [0.25, 0.3) is 0 Å². The second kappa shape index (κ2) is 6.23. The lowest BCUT2D eigenvalue weighted by Gasteiger charge is -2.31. The highest BCUT2D eigenvalue weighted by atomic mass is 16.7. The van der Waals surface area contributed by atoms with Gasteiger partial charge in [0.15, 0.2) is 6.29 Å². The first-order valence-corrected chi connectivity index (χ1v) is 5.94. The molecule has 0 amide bonds. The van der Waals surface area contributed by atoms with Crippen LogP contribution in [-0.4, -0.2) is 25.3 Å². The Balaban J connectivity index is 2.58. The molecule has 0 spiro atoms. The Morgan fingerprint density at radius 3 is 2.47 bits per heavy atom. The average molecular weight is 214 g/mol. The Morgan fingerprint density at radius 2 is 1.93 bits per heavy atom. The van der Waals surface area contributed by atoms with Crippen molar-refractivity contribution in [3.63, 3.8) is 0 Å². The molecule has 1 aliphatic rings. The van der Waals surface area contributed by atoms with Crippen molar-refractivity contribution < 1.29 is 14.3 Å². The van der Waals surface area contributed by atoms with E-state index >= 15 is 0 Å². The number of hydrogen-bond acceptors (Lipinski definition) is 3. The summed E-state index contributed by atoms with van der Waals surface area (Å²) in [4.78, 5) is 11.8. The highest BCUT2D eigenvalue weighted by molar-refractivity contribution is 5.82. The van der Waals surface area contributed by atoms with E-state index in [1.165, 1.54) is 0 Å². The minimum Gasteiger partial charge on any atom is -0.352 e. The molecule has 0 heterocycles. The molecule has 3 nitrogen and oxygen atoms in total. The molecular weight excluding hydrogens is 192 g/mol. The lowest BCUT2D eigenvalue weighted by Crippen LogP contribution is -2.37. The number of carbonyl (C=O) groups excluding carboxylic acids is 1. The maximum atomic E-state index is 11.8. The van der Waals surface area contributed by atoms with Crippen LogP contribution >= 0.6 is 0 Å². The van der Waals surface area contributed by atoms with Crippen molar-refractivity contribution >= 4 is 5.78 Å². The molecule has 88 valence electrons. The first-order valence-electron chi connectivity index (χ1n) is 5.94. The van der Waals surface area contributed by atoms with Crippen LogP contribution in [0, 0.1) is 11.8 Å². The Bertz CT molecular complexity index is 197. The van der Waals surface area contributed by atoms with Gasteiger partial charge < -0.3 is 9.47 Å². The van der Waals surface area contributed by atoms with Crippen LogP contribution in [0.4, 0.5) is 0 Å². The van der Waals surface area contributed by atoms with Crippen molar-refractivity contribution in [2.24, 2.45) is 11.8 Å². The Labute approximate surface area is 92.1 Å². The van der Waals surface area contributed by atoms with E-state index in [-0.39, 0.29) is 12.2 Å². The van der Waals surface area contributed by atoms with Gasteiger partial charge in [-0.3, -0.25) is 4.79 Å². The molecule has 1 fully saturated rings. The molecule has 2 unspecified atom stereocenters. The molecule has 1 rings (SSSR count).